The highest BCUT2D eigenvalue weighted by molar-refractivity contribution is 7.99. The Labute approximate surface area is 113 Å². The fourth-order valence-corrected chi connectivity index (χ4v) is 2.22. The highest BCUT2D eigenvalue weighted by atomic mass is 32.2. The fourth-order valence-electron chi connectivity index (χ4n) is 1.49. The molecule has 0 aliphatic rings. The molecule has 0 fully saturated rings. The molecule has 7 heteroatoms. The van der Waals surface area contributed by atoms with Gasteiger partial charge >= 0.3 is 0 Å². The first-order valence-electron chi connectivity index (χ1n) is 5.48. The number of thioether (sulfide) groups is 1. The van der Waals surface area contributed by atoms with Crippen molar-refractivity contribution in [1.82, 2.24) is 15.2 Å². The predicted molar refractivity (Wildman–Crippen MR) is 69.1 cm³/mol. The number of Topliss-reactive ketones (excluding diaryl/α,β-unsaturated/α-hetero) is 1. The summed E-state index contributed by atoms with van der Waals surface area (Å²) in [4.78, 5) is 16.1. The number of nitrogens with zero attached hydrogens (tertiary/aromatic N) is 2. The Balaban J connectivity index is 2.09. The van der Waals surface area contributed by atoms with Gasteiger partial charge in [-0.3, -0.25) is 9.89 Å². The van der Waals surface area contributed by atoms with Crippen LogP contribution in [0.3, 0.4) is 0 Å². The number of H-pyrrole nitrogens is 1. The zero-order valence-electron chi connectivity index (χ0n) is 10.4. The van der Waals surface area contributed by atoms with Crippen LogP contribution in [0.5, 0.6) is 5.75 Å². The van der Waals surface area contributed by atoms with Crippen molar-refractivity contribution in [2.75, 3.05) is 12.9 Å². The average molecular weight is 281 g/mol. The molecule has 0 bridgehead atoms. The lowest BCUT2D eigenvalue weighted by Crippen LogP contribution is -2.05. The number of benzene rings is 1. The summed E-state index contributed by atoms with van der Waals surface area (Å²) < 4.78 is 18.2. The zero-order chi connectivity index (χ0) is 13.8. The number of halogens is 1. The number of ketones is 1. The zero-order valence-corrected chi connectivity index (χ0v) is 11.3. The van der Waals surface area contributed by atoms with Crippen LogP contribution in [0.15, 0.2) is 23.4 Å². The SMILES string of the molecule is COc1ccc(F)cc1C(=O)CSc1n[nH]c(C)n1. The number of carbonyl (C=O) groups is 1. The highest BCUT2D eigenvalue weighted by Crippen LogP contribution is 2.22. The third-order valence-electron chi connectivity index (χ3n) is 2.37. The Kier molecular flexibility index (Phi) is 4.16. The normalized spacial score (nSPS) is 10.5. The Hall–Kier alpha value is -1.89. The summed E-state index contributed by atoms with van der Waals surface area (Å²) >= 11 is 1.19. The molecule has 100 valence electrons. The second kappa shape index (κ2) is 5.83. The van der Waals surface area contributed by atoms with Crippen LogP contribution in [0, 0.1) is 12.7 Å². The Morgan fingerprint density at radius 2 is 2.32 bits per heavy atom. The van der Waals surface area contributed by atoms with Crippen LogP contribution < -0.4 is 4.74 Å². The van der Waals surface area contributed by atoms with Crippen molar-refractivity contribution >= 4 is 17.5 Å². The molecule has 0 spiro atoms. The van der Waals surface area contributed by atoms with E-state index < -0.39 is 5.82 Å². The molecule has 1 heterocycles. The van der Waals surface area contributed by atoms with Crippen molar-refractivity contribution in [3.05, 3.63) is 35.4 Å². The van der Waals surface area contributed by atoms with Crippen LogP contribution in [0.2, 0.25) is 0 Å². The van der Waals surface area contributed by atoms with Gasteiger partial charge < -0.3 is 4.74 Å². The summed E-state index contributed by atoms with van der Waals surface area (Å²) in [5, 5.41) is 7.08. The van der Waals surface area contributed by atoms with Crippen molar-refractivity contribution in [3.8, 4) is 5.75 Å². The van der Waals surface area contributed by atoms with Crippen LogP contribution in [0.1, 0.15) is 16.2 Å². The lowest BCUT2D eigenvalue weighted by molar-refractivity contribution is 0.101. The molecule has 0 atom stereocenters. The van der Waals surface area contributed by atoms with Crippen LogP contribution in [-0.2, 0) is 0 Å². The number of aromatic amines is 1. The summed E-state index contributed by atoms with van der Waals surface area (Å²) in [6.07, 6.45) is 0. The number of hydrogen-bond acceptors (Lipinski definition) is 5. The molecule has 0 saturated carbocycles. The van der Waals surface area contributed by atoms with Crippen LogP contribution in [0.4, 0.5) is 4.39 Å². The summed E-state index contributed by atoms with van der Waals surface area (Å²) in [7, 11) is 1.44. The largest absolute Gasteiger partial charge is 0.496 e. The van der Waals surface area contributed by atoms with Crippen molar-refractivity contribution < 1.29 is 13.9 Å². The fraction of sp³-hybridized carbons (Fsp3) is 0.250. The van der Waals surface area contributed by atoms with Crippen molar-refractivity contribution in [3.63, 3.8) is 0 Å². The Morgan fingerprint density at radius 1 is 1.53 bits per heavy atom. The molecule has 0 aliphatic carbocycles. The summed E-state index contributed by atoms with van der Waals surface area (Å²) in [5.74, 6) is 0.458. The molecule has 19 heavy (non-hydrogen) atoms. The molecule has 1 aromatic heterocycles. The number of nitrogens with one attached hydrogen (secondary N) is 1. The lowest BCUT2D eigenvalue weighted by Gasteiger charge is -2.06. The minimum atomic E-state index is -0.470. The molecular formula is C12H12FN3O2S. The minimum absolute atomic E-state index is 0.122. The van der Waals surface area contributed by atoms with Gasteiger partial charge in [0.05, 0.1) is 18.4 Å². The van der Waals surface area contributed by atoms with Gasteiger partial charge in [-0.25, -0.2) is 9.37 Å². The van der Waals surface area contributed by atoms with E-state index in [-0.39, 0.29) is 17.1 Å². The van der Waals surface area contributed by atoms with E-state index in [1.54, 1.807) is 6.92 Å². The Bertz CT molecular complexity index is 600. The number of methoxy groups -OCH3 is 1. The number of aryl methyl sites for hydroxylation is 1. The molecule has 2 aromatic rings. The van der Waals surface area contributed by atoms with Gasteiger partial charge in [-0.2, -0.15) is 0 Å². The van der Waals surface area contributed by atoms with E-state index in [1.165, 1.54) is 37.1 Å². The third-order valence-corrected chi connectivity index (χ3v) is 3.22. The maximum atomic E-state index is 13.2. The molecule has 0 unspecified atom stereocenters. The average Bonchev–Trinajstić information content (AvgIpc) is 2.81. The second-order valence-corrected chi connectivity index (χ2v) is 4.70. The number of hydrogen-bond donors (Lipinski definition) is 1. The van der Waals surface area contributed by atoms with E-state index in [0.29, 0.717) is 16.7 Å². The number of ether oxygens (including phenoxy) is 1. The first-order valence-corrected chi connectivity index (χ1v) is 6.47. The lowest BCUT2D eigenvalue weighted by atomic mass is 10.1. The number of aromatic nitrogens is 3. The van der Waals surface area contributed by atoms with Crippen molar-refractivity contribution in [2.24, 2.45) is 0 Å². The van der Waals surface area contributed by atoms with Crippen LogP contribution in [0.25, 0.3) is 0 Å². The monoisotopic (exact) mass is 281 g/mol. The van der Waals surface area contributed by atoms with Crippen molar-refractivity contribution in [2.45, 2.75) is 12.1 Å². The number of carbonyl (C=O) groups excluding carboxylic acids is 1. The summed E-state index contributed by atoms with van der Waals surface area (Å²) in [5.41, 5.74) is 0.224. The van der Waals surface area contributed by atoms with Gasteiger partial charge in [0.1, 0.15) is 17.4 Å². The second-order valence-electron chi connectivity index (χ2n) is 3.76. The van der Waals surface area contributed by atoms with Gasteiger partial charge in [0.15, 0.2) is 5.78 Å². The predicted octanol–water partition coefficient (Wildman–Crippen LogP) is 2.24. The van der Waals surface area contributed by atoms with Crippen LogP contribution in [-0.4, -0.2) is 33.8 Å². The molecule has 0 amide bonds. The molecule has 1 N–H and O–H groups in total. The van der Waals surface area contributed by atoms with E-state index >= 15 is 0 Å². The van der Waals surface area contributed by atoms with Gasteiger partial charge in [0.25, 0.3) is 0 Å². The first-order chi connectivity index (χ1) is 9.10. The molecule has 0 aliphatic heterocycles. The van der Waals surface area contributed by atoms with E-state index in [9.17, 15) is 9.18 Å². The molecule has 2 rings (SSSR count). The topological polar surface area (TPSA) is 67.9 Å². The molecule has 0 saturated heterocycles. The van der Waals surface area contributed by atoms with Crippen molar-refractivity contribution in [1.29, 1.82) is 0 Å². The van der Waals surface area contributed by atoms with E-state index in [2.05, 4.69) is 15.2 Å². The molecule has 5 nitrogen and oxygen atoms in total. The van der Waals surface area contributed by atoms with E-state index in [4.69, 9.17) is 4.74 Å². The number of rotatable bonds is 5. The van der Waals surface area contributed by atoms with Gasteiger partial charge in [0.2, 0.25) is 5.16 Å². The maximum Gasteiger partial charge on any atom is 0.208 e. The van der Waals surface area contributed by atoms with Gasteiger partial charge in [-0.05, 0) is 25.1 Å². The third kappa shape index (κ3) is 3.31. The van der Waals surface area contributed by atoms with Gasteiger partial charge in [-0.15, -0.1) is 5.10 Å². The summed E-state index contributed by atoms with van der Waals surface area (Å²) in [6, 6.07) is 3.86. The summed E-state index contributed by atoms with van der Waals surface area (Å²) in [6.45, 7) is 1.77. The first kappa shape index (κ1) is 13.5. The van der Waals surface area contributed by atoms with E-state index in [0.717, 1.165) is 0 Å². The highest BCUT2D eigenvalue weighted by Gasteiger charge is 2.14. The van der Waals surface area contributed by atoms with Crippen LogP contribution >= 0.6 is 11.8 Å². The maximum absolute atomic E-state index is 13.2. The standard InChI is InChI=1S/C12H12FN3O2S/c1-7-14-12(16-15-7)19-6-10(17)9-5-8(13)3-4-11(9)18-2/h3-5H,6H2,1-2H3,(H,14,15,16). The van der Waals surface area contributed by atoms with Gasteiger partial charge in [-0.1, -0.05) is 11.8 Å². The molecule has 0 radical (unpaired) electrons. The van der Waals surface area contributed by atoms with Gasteiger partial charge in [0, 0.05) is 0 Å². The Morgan fingerprint density at radius 3 is 2.95 bits per heavy atom. The minimum Gasteiger partial charge on any atom is -0.496 e. The smallest absolute Gasteiger partial charge is 0.208 e. The molecular weight excluding hydrogens is 269 g/mol. The van der Waals surface area contributed by atoms with E-state index in [1.807, 2.05) is 0 Å². The molecule has 1 aromatic carbocycles. The quantitative estimate of drug-likeness (QED) is 0.672.